The molecule has 0 saturated carbocycles. The van der Waals surface area contributed by atoms with Crippen LogP contribution in [0.3, 0.4) is 0 Å². The van der Waals surface area contributed by atoms with Crippen LogP contribution in [0.25, 0.3) is 0 Å². The molecule has 2 aromatic rings. The van der Waals surface area contributed by atoms with Crippen molar-refractivity contribution in [2.45, 2.75) is 38.6 Å². The molecule has 0 spiro atoms. The SMILES string of the molecule is CCCS(=O)(=O)N1CCCCC1C(=O)Nc1ccc(NC(=O)c2ccco2)cc1. The highest BCUT2D eigenvalue weighted by molar-refractivity contribution is 7.89. The molecular weight excluding hydrogens is 394 g/mol. The number of hydrogen-bond donors (Lipinski definition) is 2. The summed E-state index contributed by atoms with van der Waals surface area (Å²) >= 11 is 0. The first kappa shape index (κ1) is 21.1. The first-order chi connectivity index (χ1) is 13.9. The van der Waals surface area contributed by atoms with Gasteiger partial charge in [-0.25, -0.2) is 8.42 Å². The first-order valence-electron chi connectivity index (χ1n) is 9.66. The van der Waals surface area contributed by atoms with Gasteiger partial charge in [0.15, 0.2) is 5.76 Å². The third-order valence-corrected chi connectivity index (χ3v) is 6.81. The van der Waals surface area contributed by atoms with E-state index in [4.69, 9.17) is 4.42 Å². The molecule has 1 aromatic heterocycles. The third-order valence-electron chi connectivity index (χ3n) is 4.73. The molecule has 2 amide bonds. The summed E-state index contributed by atoms with van der Waals surface area (Å²) in [6.07, 6.45) is 4.01. The average Bonchev–Trinajstić information content (AvgIpc) is 3.24. The predicted molar refractivity (Wildman–Crippen MR) is 110 cm³/mol. The van der Waals surface area contributed by atoms with E-state index in [2.05, 4.69) is 10.6 Å². The van der Waals surface area contributed by atoms with Gasteiger partial charge in [-0.1, -0.05) is 13.3 Å². The highest BCUT2D eigenvalue weighted by atomic mass is 32.2. The van der Waals surface area contributed by atoms with E-state index in [1.165, 1.54) is 10.6 Å². The maximum Gasteiger partial charge on any atom is 0.291 e. The summed E-state index contributed by atoms with van der Waals surface area (Å²) in [6.45, 7) is 2.18. The summed E-state index contributed by atoms with van der Waals surface area (Å²) in [5, 5.41) is 5.48. The Bertz CT molecular complexity index is 939. The van der Waals surface area contributed by atoms with E-state index in [1.807, 2.05) is 6.92 Å². The molecule has 1 unspecified atom stereocenters. The number of nitrogens with one attached hydrogen (secondary N) is 2. The molecule has 1 atom stereocenters. The lowest BCUT2D eigenvalue weighted by Crippen LogP contribution is -2.50. The van der Waals surface area contributed by atoms with E-state index in [-0.39, 0.29) is 23.3 Å². The molecule has 156 valence electrons. The smallest absolute Gasteiger partial charge is 0.291 e. The van der Waals surface area contributed by atoms with E-state index in [0.29, 0.717) is 30.8 Å². The van der Waals surface area contributed by atoms with Crippen LogP contribution in [0.4, 0.5) is 11.4 Å². The summed E-state index contributed by atoms with van der Waals surface area (Å²) in [5.74, 6) is -0.462. The normalized spacial score (nSPS) is 17.6. The van der Waals surface area contributed by atoms with Crippen LogP contribution in [0, 0.1) is 0 Å². The lowest BCUT2D eigenvalue weighted by Gasteiger charge is -2.33. The highest BCUT2D eigenvalue weighted by Crippen LogP contribution is 2.23. The Balaban J connectivity index is 1.64. The third kappa shape index (κ3) is 5.24. The van der Waals surface area contributed by atoms with Gasteiger partial charge in [0.2, 0.25) is 15.9 Å². The molecule has 1 aromatic carbocycles. The van der Waals surface area contributed by atoms with Gasteiger partial charge in [0, 0.05) is 17.9 Å². The Morgan fingerprint density at radius 3 is 2.41 bits per heavy atom. The second kappa shape index (κ2) is 9.23. The molecule has 2 N–H and O–H groups in total. The van der Waals surface area contributed by atoms with Crippen molar-refractivity contribution >= 4 is 33.2 Å². The van der Waals surface area contributed by atoms with Crippen molar-refractivity contribution in [1.29, 1.82) is 0 Å². The van der Waals surface area contributed by atoms with E-state index < -0.39 is 16.1 Å². The maximum atomic E-state index is 12.7. The van der Waals surface area contributed by atoms with Gasteiger partial charge in [-0.2, -0.15) is 4.31 Å². The number of carbonyl (C=O) groups excluding carboxylic acids is 2. The van der Waals surface area contributed by atoms with Crippen molar-refractivity contribution in [1.82, 2.24) is 4.31 Å². The van der Waals surface area contributed by atoms with Gasteiger partial charge in [-0.3, -0.25) is 9.59 Å². The van der Waals surface area contributed by atoms with Crippen LogP contribution in [0.1, 0.15) is 43.2 Å². The Morgan fingerprint density at radius 1 is 1.10 bits per heavy atom. The summed E-state index contributed by atoms with van der Waals surface area (Å²) in [4.78, 5) is 24.7. The zero-order chi connectivity index (χ0) is 20.9. The predicted octanol–water partition coefficient (Wildman–Crippen LogP) is 3.06. The lowest BCUT2D eigenvalue weighted by atomic mass is 10.0. The molecule has 0 bridgehead atoms. The number of benzene rings is 1. The van der Waals surface area contributed by atoms with Crippen molar-refractivity contribution in [2.24, 2.45) is 0 Å². The minimum absolute atomic E-state index is 0.0425. The van der Waals surface area contributed by atoms with Gasteiger partial charge in [-0.05, 0) is 55.7 Å². The molecule has 8 nitrogen and oxygen atoms in total. The molecule has 1 saturated heterocycles. The largest absolute Gasteiger partial charge is 0.459 e. The molecule has 0 aliphatic carbocycles. The lowest BCUT2D eigenvalue weighted by molar-refractivity contribution is -0.120. The van der Waals surface area contributed by atoms with Crippen molar-refractivity contribution in [3.05, 3.63) is 48.4 Å². The number of hydrogen-bond acceptors (Lipinski definition) is 5. The van der Waals surface area contributed by atoms with Crippen LogP contribution in [-0.2, 0) is 14.8 Å². The number of anilines is 2. The van der Waals surface area contributed by atoms with Crippen LogP contribution in [0.2, 0.25) is 0 Å². The zero-order valence-corrected chi connectivity index (χ0v) is 17.1. The first-order valence-corrected chi connectivity index (χ1v) is 11.3. The van der Waals surface area contributed by atoms with Gasteiger partial charge in [0.1, 0.15) is 6.04 Å². The van der Waals surface area contributed by atoms with Crippen molar-refractivity contribution in [3.8, 4) is 0 Å². The second-order valence-corrected chi connectivity index (χ2v) is 8.98. The average molecular weight is 420 g/mol. The summed E-state index contributed by atoms with van der Waals surface area (Å²) < 4.78 is 31.4. The number of furan rings is 1. The fourth-order valence-corrected chi connectivity index (χ4v) is 5.08. The summed E-state index contributed by atoms with van der Waals surface area (Å²) in [5.41, 5.74) is 1.08. The Morgan fingerprint density at radius 2 is 1.79 bits per heavy atom. The van der Waals surface area contributed by atoms with Crippen LogP contribution in [-0.4, -0.2) is 42.9 Å². The number of piperidine rings is 1. The molecule has 9 heteroatoms. The van der Waals surface area contributed by atoms with Crippen molar-refractivity contribution in [2.75, 3.05) is 22.9 Å². The molecular formula is C20H25N3O5S. The zero-order valence-electron chi connectivity index (χ0n) is 16.3. The molecule has 1 aliphatic heterocycles. The van der Waals surface area contributed by atoms with Crippen molar-refractivity contribution in [3.63, 3.8) is 0 Å². The number of carbonyl (C=O) groups is 2. The Labute approximate surface area is 170 Å². The number of nitrogens with zero attached hydrogens (tertiary/aromatic N) is 1. The molecule has 1 aliphatic rings. The number of rotatable bonds is 7. The molecule has 0 radical (unpaired) electrons. The fourth-order valence-electron chi connectivity index (χ4n) is 3.34. The van der Waals surface area contributed by atoms with Crippen molar-refractivity contribution < 1.29 is 22.4 Å². The van der Waals surface area contributed by atoms with Crippen LogP contribution in [0.15, 0.2) is 47.1 Å². The van der Waals surface area contributed by atoms with Gasteiger partial charge < -0.3 is 15.1 Å². The van der Waals surface area contributed by atoms with E-state index in [1.54, 1.807) is 36.4 Å². The number of sulfonamides is 1. The molecule has 29 heavy (non-hydrogen) atoms. The van der Waals surface area contributed by atoms with Gasteiger partial charge >= 0.3 is 0 Å². The summed E-state index contributed by atoms with van der Waals surface area (Å²) in [7, 11) is -3.45. The molecule has 3 rings (SSSR count). The monoisotopic (exact) mass is 419 g/mol. The standard InChI is InChI=1S/C20H25N3O5S/c1-2-14-29(26,27)23-12-4-3-6-17(23)19(24)21-15-8-10-16(11-9-15)22-20(25)18-7-5-13-28-18/h5,7-11,13,17H,2-4,6,12,14H2,1H3,(H,21,24)(H,22,25). The van der Waals surface area contributed by atoms with E-state index >= 15 is 0 Å². The minimum atomic E-state index is -3.45. The quantitative estimate of drug-likeness (QED) is 0.717. The van der Waals surface area contributed by atoms with Crippen LogP contribution < -0.4 is 10.6 Å². The van der Waals surface area contributed by atoms with Gasteiger partial charge in [-0.15, -0.1) is 0 Å². The van der Waals surface area contributed by atoms with Gasteiger partial charge in [0.25, 0.3) is 5.91 Å². The van der Waals surface area contributed by atoms with E-state index in [0.717, 1.165) is 12.8 Å². The second-order valence-electron chi connectivity index (χ2n) is 6.94. The van der Waals surface area contributed by atoms with E-state index in [9.17, 15) is 18.0 Å². The fraction of sp³-hybridized carbons (Fsp3) is 0.400. The Kier molecular flexibility index (Phi) is 6.71. The minimum Gasteiger partial charge on any atom is -0.459 e. The maximum absolute atomic E-state index is 12.7. The highest BCUT2D eigenvalue weighted by Gasteiger charge is 2.36. The number of amides is 2. The van der Waals surface area contributed by atoms with Crippen LogP contribution in [0.5, 0.6) is 0 Å². The Hall–Kier alpha value is -2.65. The van der Waals surface area contributed by atoms with Crippen LogP contribution >= 0.6 is 0 Å². The molecule has 2 heterocycles. The summed E-state index contributed by atoms with van der Waals surface area (Å²) in [6, 6.07) is 9.12. The molecule has 1 fully saturated rings. The van der Waals surface area contributed by atoms with Gasteiger partial charge in [0.05, 0.1) is 12.0 Å². The topological polar surface area (TPSA) is 109 Å².